The van der Waals surface area contributed by atoms with E-state index >= 15 is 0 Å². The molecular formula is C25H29ClN4O2S2. The van der Waals surface area contributed by atoms with Crippen LogP contribution < -0.4 is 10.2 Å². The average Bonchev–Trinajstić information content (AvgIpc) is 3.43. The standard InChI is InChI=1S/C25H29ClN4O2S2/c1-5-12-27-19(31)14-29-20(32)15-34-22(18-11-8-13-33-18)21-23(25(2,3)4)28-30(24(21)29)17-10-7-6-9-16(17)26/h6-11,13,22H,5,12,14-15H2,1-4H3,(H,27,31)/t22-/m1/s1. The first kappa shape index (κ1) is 24.8. The summed E-state index contributed by atoms with van der Waals surface area (Å²) >= 11 is 9.86. The molecule has 34 heavy (non-hydrogen) atoms. The number of halogens is 1. The molecule has 1 atom stereocenters. The van der Waals surface area contributed by atoms with Gasteiger partial charge < -0.3 is 5.32 Å². The SMILES string of the molecule is CCCNC(=O)CN1C(=O)CS[C@H](c2cccs2)c2c(C(C)(C)C)nn(-c3ccccc3Cl)c21. The van der Waals surface area contributed by atoms with Crippen molar-refractivity contribution < 1.29 is 9.59 Å². The van der Waals surface area contributed by atoms with Crippen LogP contribution in [0.25, 0.3) is 5.69 Å². The molecule has 0 bridgehead atoms. The Morgan fingerprint density at radius 2 is 2.00 bits per heavy atom. The van der Waals surface area contributed by atoms with Crippen LogP contribution in [0, 0.1) is 0 Å². The van der Waals surface area contributed by atoms with Crippen LogP contribution in [0.15, 0.2) is 41.8 Å². The molecule has 6 nitrogen and oxygen atoms in total. The lowest BCUT2D eigenvalue weighted by molar-refractivity contribution is -0.122. The molecule has 3 heterocycles. The number of hydrogen-bond donors (Lipinski definition) is 1. The zero-order valence-electron chi connectivity index (χ0n) is 19.8. The summed E-state index contributed by atoms with van der Waals surface area (Å²) in [6.45, 7) is 8.86. The van der Waals surface area contributed by atoms with Gasteiger partial charge in [-0.3, -0.25) is 14.5 Å². The van der Waals surface area contributed by atoms with E-state index in [2.05, 4.69) is 32.2 Å². The molecule has 2 aromatic heterocycles. The second-order valence-corrected chi connectivity index (χ2v) is 11.7. The van der Waals surface area contributed by atoms with Gasteiger partial charge in [0, 0.05) is 22.4 Å². The number of fused-ring (bicyclic) bond motifs is 1. The van der Waals surface area contributed by atoms with Gasteiger partial charge in [-0.25, -0.2) is 4.68 Å². The van der Waals surface area contributed by atoms with E-state index in [4.69, 9.17) is 16.7 Å². The van der Waals surface area contributed by atoms with Gasteiger partial charge in [0.15, 0.2) is 0 Å². The van der Waals surface area contributed by atoms with Crippen LogP contribution in [0.3, 0.4) is 0 Å². The van der Waals surface area contributed by atoms with Crippen LogP contribution >= 0.6 is 34.7 Å². The third kappa shape index (κ3) is 4.90. The number of nitrogens with zero attached hydrogens (tertiary/aromatic N) is 3. The zero-order valence-corrected chi connectivity index (χ0v) is 22.2. The van der Waals surface area contributed by atoms with Crippen molar-refractivity contribution in [2.75, 3.05) is 23.7 Å². The molecule has 3 aromatic rings. The van der Waals surface area contributed by atoms with Gasteiger partial charge in [-0.05, 0) is 30.0 Å². The Morgan fingerprint density at radius 3 is 2.65 bits per heavy atom. The van der Waals surface area contributed by atoms with Crippen molar-refractivity contribution in [1.29, 1.82) is 0 Å². The number of thiophene rings is 1. The number of para-hydroxylation sites is 1. The molecule has 0 radical (unpaired) electrons. The molecule has 4 rings (SSSR count). The maximum Gasteiger partial charge on any atom is 0.240 e. The van der Waals surface area contributed by atoms with Crippen LogP contribution in [-0.2, 0) is 15.0 Å². The molecule has 2 amide bonds. The molecule has 180 valence electrons. The first-order chi connectivity index (χ1) is 16.2. The van der Waals surface area contributed by atoms with Gasteiger partial charge in [0.05, 0.1) is 27.4 Å². The Bertz CT molecular complexity index is 1180. The second kappa shape index (κ2) is 10.1. The number of amides is 2. The van der Waals surface area contributed by atoms with Gasteiger partial charge in [-0.1, -0.05) is 57.5 Å². The van der Waals surface area contributed by atoms with Gasteiger partial charge in [0.25, 0.3) is 0 Å². The van der Waals surface area contributed by atoms with E-state index in [1.807, 2.05) is 42.6 Å². The molecular weight excluding hydrogens is 488 g/mol. The summed E-state index contributed by atoms with van der Waals surface area (Å²) in [6, 6.07) is 11.6. The smallest absolute Gasteiger partial charge is 0.240 e. The molecule has 0 saturated heterocycles. The van der Waals surface area contributed by atoms with Crippen LogP contribution in [-0.4, -0.2) is 40.4 Å². The second-order valence-electron chi connectivity index (χ2n) is 9.24. The maximum absolute atomic E-state index is 13.5. The highest BCUT2D eigenvalue weighted by Gasteiger charge is 2.40. The predicted molar refractivity (Wildman–Crippen MR) is 142 cm³/mol. The first-order valence-electron chi connectivity index (χ1n) is 11.3. The molecule has 0 unspecified atom stereocenters. The summed E-state index contributed by atoms with van der Waals surface area (Å²) in [5.74, 6) is 0.582. The predicted octanol–water partition coefficient (Wildman–Crippen LogP) is 5.58. The van der Waals surface area contributed by atoms with Crippen molar-refractivity contribution in [1.82, 2.24) is 15.1 Å². The topological polar surface area (TPSA) is 67.2 Å². The largest absolute Gasteiger partial charge is 0.355 e. The Kier molecular flexibility index (Phi) is 7.40. The number of carbonyl (C=O) groups excluding carboxylic acids is 2. The molecule has 1 N–H and O–H groups in total. The minimum absolute atomic E-state index is 0.0662. The monoisotopic (exact) mass is 516 g/mol. The summed E-state index contributed by atoms with van der Waals surface area (Å²) in [7, 11) is 0. The summed E-state index contributed by atoms with van der Waals surface area (Å²) in [5, 5.41) is 10.5. The van der Waals surface area contributed by atoms with Gasteiger partial charge in [-0.15, -0.1) is 23.1 Å². The molecule has 1 aliphatic rings. The summed E-state index contributed by atoms with van der Waals surface area (Å²) < 4.78 is 1.76. The van der Waals surface area contributed by atoms with E-state index in [9.17, 15) is 9.59 Å². The molecule has 9 heteroatoms. The first-order valence-corrected chi connectivity index (χ1v) is 13.6. The third-order valence-electron chi connectivity index (χ3n) is 5.56. The van der Waals surface area contributed by atoms with E-state index in [1.54, 1.807) is 32.7 Å². The highest BCUT2D eigenvalue weighted by atomic mass is 35.5. The van der Waals surface area contributed by atoms with Crippen molar-refractivity contribution >= 4 is 52.3 Å². The van der Waals surface area contributed by atoms with Crippen molar-refractivity contribution in [2.45, 2.75) is 44.8 Å². The number of benzene rings is 1. The van der Waals surface area contributed by atoms with Gasteiger partial charge in [0.1, 0.15) is 12.4 Å². The minimum atomic E-state index is -0.295. The molecule has 0 aliphatic carbocycles. The van der Waals surface area contributed by atoms with Gasteiger partial charge in [-0.2, -0.15) is 5.10 Å². The Hall–Kier alpha value is -2.29. The zero-order chi connectivity index (χ0) is 24.5. The third-order valence-corrected chi connectivity index (χ3v) is 8.20. The van der Waals surface area contributed by atoms with E-state index in [-0.39, 0.29) is 34.8 Å². The van der Waals surface area contributed by atoms with Crippen LogP contribution in [0.5, 0.6) is 0 Å². The normalized spacial score (nSPS) is 16.3. The number of nitrogens with one attached hydrogen (secondary N) is 1. The molecule has 0 fully saturated rings. The molecule has 1 aliphatic heterocycles. The fourth-order valence-electron chi connectivity index (χ4n) is 3.99. The Morgan fingerprint density at radius 1 is 1.24 bits per heavy atom. The molecule has 1 aromatic carbocycles. The average molecular weight is 517 g/mol. The number of thioether (sulfide) groups is 1. The summed E-state index contributed by atoms with van der Waals surface area (Å²) in [5.41, 5.74) is 2.24. The highest BCUT2D eigenvalue weighted by Crippen LogP contribution is 2.49. The van der Waals surface area contributed by atoms with Crippen LogP contribution in [0.4, 0.5) is 5.82 Å². The Balaban J connectivity index is 1.99. The quantitative estimate of drug-likeness (QED) is 0.464. The number of aromatic nitrogens is 2. The van der Waals surface area contributed by atoms with Crippen LogP contribution in [0.2, 0.25) is 5.02 Å². The van der Waals surface area contributed by atoms with Crippen molar-refractivity contribution in [3.8, 4) is 5.69 Å². The molecule has 0 spiro atoms. The van der Waals surface area contributed by atoms with E-state index < -0.39 is 0 Å². The van der Waals surface area contributed by atoms with Crippen molar-refractivity contribution in [3.05, 3.63) is 62.9 Å². The Labute approximate surface area is 213 Å². The summed E-state index contributed by atoms with van der Waals surface area (Å²) in [6.07, 6.45) is 0.826. The van der Waals surface area contributed by atoms with E-state index in [0.29, 0.717) is 23.1 Å². The van der Waals surface area contributed by atoms with E-state index in [1.165, 1.54) is 0 Å². The number of anilines is 1. The van der Waals surface area contributed by atoms with Crippen molar-refractivity contribution in [2.24, 2.45) is 0 Å². The highest BCUT2D eigenvalue weighted by molar-refractivity contribution is 8.00. The van der Waals surface area contributed by atoms with Gasteiger partial charge in [0.2, 0.25) is 11.8 Å². The maximum atomic E-state index is 13.5. The number of carbonyl (C=O) groups is 2. The lowest BCUT2D eigenvalue weighted by Gasteiger charge is -2.24. The number of hydrogen-bond acceptors (Lipinski definition) is 5. The van der Waals surface area contributed by atoms with Crippen LogP contribution in [0.1, 0.15) is 55.5 Å². The summed E-state index contributed by atoms with van der Waals surface area (Å²) in [4.78, 5) is 29.0. The van der Waals surface area contributed by atoms with E-state index in [0.717, 1.165) is 22.6 Å². The van der Waals surface area contributed by atoms with Gasteiger partial charge >= 0.3 is 0 Å². The lowest BCUT2D eigenvalue weighted by atomic mass is 9.88. The fraction of sp³-hybridized carbons (Fsp3) is 0.400. The number of rotatable bonds is 6. The lowest BCUT2D eigenvalue weighted by Crippen LogP contribution is -2.42. The minimum Gasteiger partial charge on any atom is -0.355 e. The van der Waals surface area contributed by atoms with Crippen molar-refractivity contribution in [3.63, 3.8) is 0 Å². The molecule has 0 saturated carbocycles. The fourth-order valence-corrected chi connectivity index (χ4v) is 6.38.